The summed E-state index contributed by atoms with van der Waals surface area (Å²) in [5.74, 6) is -0.450. The van der Waals surface area contributed by atoms with Gasteiger partial charge in [-0.15, -0.1) is 0 Å². The SMILES string of the molecule is Cc1cc(F)cc(C)c1S(=O)(=O)Nc1ccc(Br)cc1Br. The lowest BCUT2D eigenvalue weighted by atomic mass is 10.1. The molecule has 0 saturated carbocycles. The van der Waals surface area contributed by atoms with Crippen molar-refractivity contribution in [1.82, 2.24) is 0 Å². The molecule has 0 saturated heterocycles. The Hall–Kier alpha value is -0.920. The van der Waals surface area contributed by atoms with Crippen molar-refractivity contribution in [2.45, 2.75) is 18.7 Å². The van der Waals surface area contributed by atoms with Crippen LogP contribution in [0.5, 0.6) is 0 Å². The van der Waals surface area contributed by atoms with E-state index in [1.807, 2.05) is 0 Å². The van der Waals surface area contributed by atoms with Crippen LogP contribution in [0.2, 0.25) is 0 Å². The molecule has 0 fully saturated rings. The molecule has 0 bridgehead atoms. The maximum absolute atomic E-state index is 13.3. The molecule has 0 heterocycles. The number of halogens is 3. The van der Waals surface area contributed by atoms with E-state index in [2.05, 4.69) is 36.6 Å². The molecule has 0 unspecified atom stereocenters. The molecular formula is C14H12Br2FNO2S. The molecule has 7 heteroatoms. The molecule has 112 valence electrons. The highest BCUT2D eigenvalue weighted by Crippen LogP contribution is 2.30. The lowest BCUT2D eigenvalue weighted by Crippen LogP contribution is -2.16. The molecule has 0 aliphatic rings. The molecule has 21 heavy (non-hydrogen) atoms. The largest absolute Gasteiger partial charge is 0.278 e. The molecule has 0 atom stereocenters. The smallest absolute Gasteiger partial charge is 0.262 e. The van der Waals surface area contributed by atoms with Crippen LogP contribution in [0.3, 0.4) is 0 Å². The Morgan fingerprint density at radius 1 is 1.05 bits per heavy atom. The van der Waals surface area contributed by atoms with E-state index in [0.717, 1.165) is 4.47 Å². The van der Waals surface area contributed by atoms with Crippen molar-refractivity contribution in [3.05, 3.63) is 56.2 Å². The predicted octanol–water partition coefficient (Wildman–Crippen LogP) is 4.77. The Labute approximate surface area is 139 Å². The van der Waals surface area contributed by atoms with Gasteiger partial charge in [-0.05, 0) is 71.2 Å². The minimum Gasteiger partial charge on any atom is -0.278 e. The molecule has 0 spiro atoms. The molecule has 3 nitrogen and oxygen atoms in total. The Kier molecular flexibility index (Phi) is 4.75. The van der Waals surface area contributed by atoms with Gasteiger partial charge in [-0.2, -0.15) is 0 Å². The van der Waals surface area contributed by atoms with Crippen molar-refractivity contribution in [2.24, 2.45) is 0 Å². The highest BCUT2D eigenvalue weighted by atomic mass is 79.9. The van der Waals surface area contributed by atoms with Gasteiger partial charge in [0.15, 0.2) is 0 Å². The lowest BCUT2D eigenvalue weighted by molar-refractivity contribution is 0.597. The number of benzene rings is 2. The van der Waals surface area contributed by atoms with Crippen LogP contribution < -0.4 is 4.72 Å². The summed E-state index contributed by atoms with van der Waals surface area (Å²) in [4.78, 5) is 0.0960. The van der Waals surface area contributed by atoms with Crippen molar-refractivity contribution in [3.8, 4) is 0 Å². The van der Waals surface area contributed by atoms with Gasteiger partial charge < -0.3 is 0 Å². The summed E-state index contributed by atoms with van der Waals surface area (Å²) in [5.41, 5.74) is 1.16. The second-order valence-electron chi connectivity index (χ2n) is 4.60. The summed E-state index contributed by atoms with van der Waals surface area (Å²) in [7, 11) is -3.79. The molecule has 0 radical (unpaired) electrons. The highest BCUT2D eigenvalue weighted by molar-refractivity contribution is 9.11. The zero-order valence-corrected chi connectivity index (χ0v) is 15.2. The molecule has 2 rings (SSSR count). The van der Waals surface area contributed by atoms with E-state index in [-0.39, 0.29) is 4.90 Å². The van der Waals surface area contributed by atoms with Gasteiger partial charge in [-0.3, -0.25) is 4.72 Å². The number of hydrogen-bond donors (Lipinski definition) is 1. The third-order valence-electron chi connectivity index (χ3n) is 2.87. The Morgan fingerprint density at radius 2 is 1.62 bits per heavy atom. The first-order valence-electron chi connectivity index (χ1n) is 5.95. The average Bonchev–Trinajstić information content (AvgIpc) is 2.30. The van der Waals surface area contributed by atoms with Gasteiger partial charge in [-0.1, -0.05) is 15.9 Å². The van der Waals surface area contributed by atoms with Crippen LogP contribution in [0.15, 0.2) is 44.2 Å². The molecular weight excluding hydrogens is 425 g/mol. The van der Waals surface area contributed by atoms with Crippen LogP contribution in [0.1, 0.15) is 11.1 Å². The normalized spacial score (nSPS) is 11.5. The molecule has 0 amide bonds. The Balaban J connectivity index is 2.48. The van der Waals surface area contributed by atoms with E-state index in [0.29, 0.717) is 21.3 Å². The fraction of sp³-hybridized carbons (Fsp3) is 0.143. The maximum Gasteiger partial charge on any atom is 0.262 e. The topological polar surface area (TPSA) is 46.2 Å². The fourth-order valence-electron chi connectivity index (χ4n) is 2.09. The highest BCUT2D eigenvalue weighted by Gasteiger charge is 2.21. The first-order chi connectivity index (χ1) is 9.70. The maximum atomic E-state index is 13.3. The molecule has 0 aliphatic carbocycles. The first-order valence-corrected chi connectivity index (χ1v) is 9.02. The molecule has 0 aliphatic heterocycles. The van der Waals surface area contributed by atoms with Gasteiger partial charge in [0.25, 0.3) is 10.0 Å². The van der Waals surface area contributed by atoms with Crippen LogP contribution >= 0.6 is 31.9 Å². The minimum absolute atomic E-state index is 0.0960. The van der Waals surface area contributed by atoms with Crippen molar-refractivity contribution in [1.29, 1.82) is 0 Å². The average molecular weight is 437 g/mol. The summed E-state index contributed by atoms with van der Waals surface area (Å²) in [6, 6.07) is 7.52. The number of rotatable bonds is 3. The van der Waals surface area contributed by atoms with Gasteiger partial charge in [-0.25, -0.2) is 12.8 Å². The molecule has 2 aromatic rings. The van der Waals surface area contributed by atoms with E-state index >= 15 is 0 Å². The summed E-state index contributed by atoms with van der Waals surface area (Å²) < 4.78 is 42.3. The van der Waals surface area contributed by atoms with E-state index in [4.69, 9.17) is 0 Å². The summed E-state index contributed by atoms with van der Waals surface area (Å²) in [6.45, 7) is 3.14. The zero-order valence-electron chi connectivity index (χ0n) is 11.2. The Morgan fingerprint density at radius 3 is 2.14 bits per heavy atom. The Bertz CT molecular complexity index is 784. The zero-order chi connectivity index (χ0) is 15.8. The van der Waals surface area contributed by atoms with E-state index in [9.17, 15) is 12.8 Å². The van der Waals surface area contributed by atoms with Gasteiger partial charge in [0, 0.05) is 8.95 Å². The third kappa shape index (κ3) is 3.64. The van der Waals surface area contributed by atoms with E-state index < -0.39 is 15.8 Å². The fourth-order valence-corrected chi connectivity index (χ4v) is 4.90. The van der Waals surface area contributed by atoms with Crippen LogP contribution in [-0.4, -0.2) is 8.42 Å². The van der Waals surface area contributed by atoms with Crippen LogP contribution in [0, 0.1) is 19.7 Å². The van der Waals surface area contributed by atoms with Gasteiger partial charge in [0.2, 0.25) is 0 Å². The van der Waals surface area contributed by atoms with Gasteiger partial charge >= 0.3 is 0 Å². The second kappa shape index (κ2) is 6.06. The molecule has 0 aromatic heterocycles. The quantitative estimate of drug-likeness (QED) is 0.753. The second-order valence-corrected chi connectivity index (χ2v) is 7.99. The van der Waals surface area contributed by atoms with Gasteiger partial charge in [0.05, 0.1) is 10.6 Å². The number of anilines is 1. The number of hydrogen-bond acceptors (Lipinski definition) is 2. The van der Waals surface area contributed by atoms with Crippen LogP contribution in [0.4, 0.5) is 10.1 Å². The molecule has 2 aromatic carbocycles. The number of aryl methyl sites for hydroxylation is 2. The van der Waals surface area contributed by atoms with Crippen molar-refractivity contribution >= 4 is 47.6 Å². The third-order valence-corrected chi connectivity index (χ3v) is 5.69. The van der Waals surface area contributed by atoms with E-state index in [1.54, 1.807) is 32.0 Å². The van der Waals surface area contributed by atoms with Crippen LogP contribution in [0.25, 0.3) is 0 Å². The van der Waals surface area contributed by atoms with Crippen molar-refractivity contribution in [2.75, 3.05) is 4.72 Å². The van der Waals surface area contributed by atoms with Gasteiger partial charge in [0.1, 0.15) is 5.82 Å². The lowest BCUT2D eigenvalue weighted by Gasteiger charge is -2.14. The summed E-state index contributed by atoms with van der Waals surface area (Å²) in [5, 5.41) is 0. The first kappa shape index (κ1) is 16.5. The standard InChI is InChI=1S/C14H12Br2FNO2S/c1-8-5-11(17)6-9(2)14(8)21(19,20)18-13-4-3-10(15)7-12(13)16/h3-7,18H,1-2H3. The minimum atomic E-state index is -3.79. The predicted molar refractivity (Wildman–Crippen MR) is 88.5 cm³/mol. The summed E-state index contributed by atoms with van der Waals surface area (Å²) in [6.07, 6.45) is 0. The number of nitrogens with one attached hydrogen (secondary N) is 1. The number of sulfonamides is 1. The molecule has 1 N–H and O–H groups in total. The van der Waals surface area contributed by atoms with Crippen molar-refractivity contribution < 1.29 is 12.8 Å². The summed E-state index contributed by atoms with van der Waals surface area (Å²) >= 11 is 6.61. The van der Waals surface area contributed by atoms with Crippen molar-refractivity contribution in [3.63, 3.8) is 0 Å². The monoisotopic (exact) mass is 435 g/mol. The van der Waals surface area contributed by atoms with E-state index in [1.165, 1.54) is 12.1 Å². The van der Waals surface area contributed by atoms with Crippen LogP contribution in [-0.2, 0) is 10.0 Å².